The molecule has 9 heteroatoms. The molecule has 5 aromatic rings. The number of rotatable bonds is 4. The molecule has 0 atom stereocenters. The third kappa shape index (κ3) is 3.57. The van der Waals surface area contributed by atoms with Gasteiger partial charge >= 0.3 is 11.6 Å². The molecule has 0 radical (unpaired) electrons. The van der Waals surface area contributed by atoms with Gasteiger partial charge in [-0.25, -0.2) is 9.52 Å². The third-order valence-corrected chi connectivity index (χ3v) is 5.44. The first-order valence-electron chi connectivity index (χ1n) is 9.52. The zero-order valence-corrected chi connectivity index (χ0v) is 17.8. The largest absolute Gasteiger partial charge is 0.710 e. The number of carbonyl (C=O) groups is 1. The Hall–Kier alpha value is -3.81. The highest BCUT2D eigenvalue weighted by Crippen LogP contribution is 2.35. The Kier molecular flexibility index (Phi) is 5.05. The first-order valence-corrected chi connectivity index (χ1v) is 10.3. The molecule has 2 aromatic carbocycles. The molecule has 3 heterocycles. The summed E-state index contributed by atoms with van der Waals surface area (Å²) in [6.45, 7) is 0. The smallest absolute Gasteiger partial charge is 0.388 e. The molecule has 32 heavy (non-hydrogen) atoms. The number of aromatic amines is 1. The lowest BCUT2D eigenvalue weighted by Crippen LogP contribution is -2.31. The second-order valence-electron chi connectivity index (χ2n) is 7.00. The molecule has 0 aliphatic heterocycles. The summed E-state index contributed by atoms with van der Waals surface area (Å²) in [7, 11) is 0. The van der Waals surface area contributed by atoms with E-state index in [-0.39, 0.29) is 11.2 Å². The Bertz CT molecular complexity index is 1480. The van der Waals surface area contributed by atoms with Crippen molar-refractivity contribution in [1.82, 2.24) is 14.9 Å². The van der Waals surface area contributed by atoms with Gasteiger partial charge in [-0.1, -0.05) is 41.4 Å². The molecular formula is C23H14Cl2N4O3. The molecule has 5 rings (SSSR count). The van der Waals surface area contributed by atoms with Crippen molar-refractivity contribution in [2.24, 2.45) is 0 Å². The van der Waals surface area contributed by atoms with Gasteiger partial charge in [0.1, 0.15) is 6.20 Å². The highest BCUT2D eigenvalue weighted by Gasteiger charge is 2.25. The molecule has 0 aliphatic carbocycles. The van der Waals surface area contributed by atoms with Crippen molar-refractivity contribution in [3.8, 4) is 22.4 Å². The molecule has 1 N–H and O–H groups in total. The molecule has 0 bridgehead atoms. The van der Waals surface area contributed by atoms with Crippen LogP contribution < -0.4 is 9.57 Å². The standard InChI is InChI=1S/C23H14Cl2N4O3/c24-16-6-1-4-14(10-16)19-12-26-27-21(19)20-13-29(22-18(20)8-3-9-28(22)31)32-23(30)15-5-2-7-17(25)11-15/h1-13H,(H,26,27). The number of benzene rings is 2. The normalized spacial score (nSPS) is 11.1. The lowest BCUT2D eigenvalue weighted by molar-refractivity contribution is -0.581. The molecule has 0 fully saturated rings. The van der Waals surface area contributed by atoms with E-state index in [1.54, 1.807) is 48.8 Å². The van der Waals surface area contributed by atoms with Gasteiger partial charge in [0.15, 0.2) is 0 Å². The van der Waals surface area contributed by atoms with E-state index in [0.29, 0.717) is 31.4 Å². The number of aromatic nitrogens is 4. The van der Waals surface area contributed by atoms with E-state index in [4.69, 9.17) is 28.0 Å². The SMILES string of the molecule is O=C(On1cc(-c2[nH]ncc2-c2cccc(Cl)c2)c2ccc[n+]([O-])c21)c1cccc(Cl)c1. The van der Waals surface area contributed by atoms with Crippen LogP contribution in [-0.2, 0) is 0 Å². The third-order valence-electron chi connectivity index (χ3n) is 4.97. The summed E-state index contributed by atoms with van der Waals surface area (Å²) in [6.07, 6.45) is 4.58. The number of carbonyl (C=O) groups excluding carboxylic acids is 1. The topological polar surface area (TPSA) is 86.8 Å². The van der Waals surface area contributed by atoms with Gasteiger partial charge in [0.25, 0.3) is 0 Å². The number of nitrogens with zero attached hydrogens (tertiary/aromatic N) is 3. The molecule has 0 saturated heterocycles. The number of hydrogen-bond donors (Lipinski definition) is 1. The minimum Gasteiger partial charge on any atom is -0.710 e. The van der Waals surface area contributed by atoms with E-state index in [1.165, 1.54) is 12.3 Å². The molecule has 0 aliphatic rings. The summed E-state index contributed by atoms with van der Waals surface area (Å²) >= 11 is 12.1. The van der Waals surface area contributed by atoms with Gasteiger partial charge in [-0.05, 0) is 52.8 Å². The summed E-state index contributed by atoms with van der Waals surface area (Å²) in [6, 6.07) is 17.1. The van der Waals surface area contributed by atoms with Gasteiger partial charge in [0, 0.05) is 15.6 Å². The Morgan fingerprint density at radius 2 is 1.81 bits per heavy atom. The molecular weight excluding hydrogens is 451 g/mol. The van der Waals surface area contributed by atoms with Crippen molar-refractivity contribution in [3.63, 3.8) is 0 Å². The minimum absolute atomic E-state index is 0.157. The van der Waals surface area contributed by atoms with Gasteiger partial charge in [0.2, 0.25) is 0 Å². The van der Waals surface area contributed by atoms with Crippen LogP contribution in [0.2, 0.25) is 10.0 Å². The van der Waals surface area contributed by atoms with Gasteiger partial charge in [-0.3, -0.25) is 9.94 Å². The highest BCUT2D eigenvalue weighted by molar-refractivity contribution is 6.31. The molecule has 0 amide bonds. The molecule has 3 aromatic heterocycles. The molecule has 158 valence electrons. The first-order chi connectivity index (χ1) is 15.5. The summed E-state index contributed by atoms with van der Waals surface area (Å²) in [5.41, 5.74) is 3.34. The highest BCUT2D eigenvalue weighted by atomic mass is 35.5. The van der Waals surface area contributed by atoms with E-state index in [2.05, 4.69) is 10.2 Å². The van der Waals surface area contributed by atoms with Gasteiger partial charge in [0.05, 0.1) is 34.6 Å². The average Bonchev–Trinajstić information content (AvgIpc) is 3.39. The molecule has 0 unspecified atom stereocenters. The van der Waals surface area contributed by atoms with Crippen LogP contribution in [0.15, 0.2) is 79.3 Å². The van der Waals surface area contributed by atoms with Crippen molar-refractivity contribution in [2.75, 3.05) is 0 Å². The van der Waals surface area contributed by atoms with Crippen LogP contribution in [-0.4, -0.2) is 20.9 Å². The van der Waals surface area contributed by atoms with Gasteiger partial charge in [-0.15, -0.1) is 0 Å². The predicted octanol–water partition coefficient (Wildman–Crippen LogP) is 4.91. The van der Waals surface area contributed by atoms with Crippen LogP contribution in [0.25, 0.3) is 33.4 Å². The maximum atomic E-state index is 12.7. The first kappa shape index (κ1) is 20.1. The van der Waals surface area contributed by atoms with Crippen molar-refractivity contribution in [1.29, 1.82) is 0 Å². The zero-order valence-electron chi connectivity index (χ0n) is 16.3. The number of H-pyrrole nitrogens is 1. The van der Waals surface area contributed by atoms with Crippen LogP contribution in [0.1, 0.15) is 10.4 Å². The lowest BCUT2D eigenvalue weighted by atomic mass is 10.0. The number of fused-ring (bicyclic) bond motifs is 1. The zero-order chi connectivity index (χ0) is 22.2. The van der Waals surface area contributed by atoms with Crippen molar-refractivity contribution >= 4 is 40.2 Å². The minimum atomic E-state index is -0.653. The summed E-state index contributed by atoms with van der Waals surface area (Å²) < 4.78 is 1.79. The van der Waals surface area contributed by atoms with Crippen LogP contribution in [0.4, 0.5) is 0 Å². The second kappa shape index (κ2) is 8.03. The van der Waals surface area contributed by atoms with Crippen LogP contribution in [0.3, 0.4) is 0 Å². The predicted molar refractivity (Wildman–Crippen MR) is 121 cm³/mol. The fraction of sp³-hybridized carbons (Fsp3) is 0. The lowest BCUT2D eigenvalue weighted by Gasteiger charge is -2.05. The van der Waals surface area contributed by atoms with Crippen molar-refractivity contribution in [2.45, 2.75) is 0 Å². The van der Waals surface area contributed by atoms with Crippen LogP contribution >= 0.6 is 23.2 Å². The van der Waals surface area contributed by atoms with E-state index in [1.807, 2.05) is 18.2 Å². The van der Waals surface area contributed by atoms with E-state index in [9.17, 15) is 10.0 Å². The molecule has 0 saturated carbocycles. The van der Waals surface area contributed by atoms with E-state index >= 15 is 0 Å². The quantitative estimate of drug-likeness (QED) is 0.302. The monoisotopic (exact) mass is 464 g/mol. The number of halogens is 2. The van der Waals surface area contributed by atoms with Gasteiger partial charge < -0.3 is 5.21 Å². The molecule has 0 spiro atoms. The number of hydrogen-bond acceptors (Lipinski definition) is 4. The van der Waals surface area contributed by atoms with Crippen LogP contribution in [0.5, 0.6) is 0 Å². The van der Waals surface area contributed by atoms with E-state index in [0.717, 1.165) is 15.9 Å². The summed E-state index contributed by atoms with van der Waals surface area (Å²) in [5.74, 6) is -0.653. The Labute approximate surface area is 191 Å². The van der Waals surface area contributed by atoms with E-state index < -0.39 is 5.97 Å². The fourth-order valence-corrected chi connectivity index (χ4v) is 3.93. The molecule has 7 nitrogen and oxygen atoms in total. The van der Waals surface area contributed by atoms with Crippen molar-refractivity contribution in [3.05, 3.63) is 100 Å². The second-order valence-corrected chi connectivity index (χ2v) is 7.87. The summed E-state index contributed by atoms with van der Waals surface area (Å²) in [4.78, 5) is 18.2. The van der Waals surface area contributed by atoms with Crippen molar-refractivity contribution < 1.29 is 14.4 Å². The summed E-state index contributed by atoms with van der Waals surface area (Å²) in [5, 5.41) is 21.3. The Morgan fingerprint density at radius 3 is 2.59 bits per heavy atom. The maximum Gasteiger partial charge on any atom is 0.388 e. The average molecular weight is 465 g/mol. The fourth-order valence-electron chi connectivity index (χ4n) is 3.55. The Morgan fingerprint density at radius 1 is 1.03 bits per heavy atom. The maximum absolute atomic E-state index is 12.7. The van der Waals surface area contributed by atoms with Crippen LogP contribution in [0, 0.1) is 5.21 Å². The number of pyridine rings is 1. The Balaban J connectivity index is 1.63. The van der Waals surface area contributed by atoms with Gasteiger partial charge in [-0.2, -0.15) is 5.10 Å². The number of nitrogens with one attached hydrogen (secondary N) is 1.